The quantitative estimate of drug-likeness (QED) is 0.529. The molecule has 0 fully saturated rings. The number of benzene rings is 2. The fourth-order valence-corrected chi connectivity index (χ4v) is 3.17. The maximum absolute atomic E-state index is 12.3. The van der Waals surface area contributed by atoms with E-state index in [1.807, 2.05) is 55.6 Å². The summed E-state index contributed by atoms with van der Waals surface area (Å²) in [6, 6.07) is 15.1. The molecule has 3 rings (SSSR count). The molecule has 0 saturated carbocycles. The van der Waals surface area contributed by atoms with Gasteiger partial charge in [-0.2, -0.15) is 0 Å². The summed E-state index contributed by atoms with van der Waals surface area (Å²) in [6.45, 7) is 0. The van der Waals surface area contributed by atoms with Gasteiger partial charge in [0.15, 0.2) is 0 Å². The summed E-state index contributed by atoms with van der Waals surface area (Å²) >= 11 is 0.122. The standard InChI is InChI=1S/C14H11N2OSe/c1-16-13-8-7-11(9-12(13)15-18-16)14(17)10-5-3-2-4-6-10/h2-9H,1H3/q+1. The topological polar surface area (TPSA) is 33.8 Å². The molecule has 4 heteroatoms. The molecule has 0 unspecified atom stereocenters. The number of hydrogen-bond donors (Lipinski definition) is 0. The molecule has 0 spiro atoms. The Morgan fingerprint density at radius 1 is 1.11 bits per heavy atom. The summed E-state index contributed by atoms with van der Waals surface area (Å²) in [5.41, 5.74) is 3.46. The van der Waals surface area contributed by atoms with Crippen LogP contribution in [0.3, 0.4) is 0 Å². The van der Waals surface area contributed by atoms with Gasteiger partial charge < -0.3 is 0 Å². The molecule has 88 valence electrons. The van der Waals surface area contributed by atoms with Crippen LogP contribution in [0.15, 0.2) is 48.5 Å². The summed E-state index contributed by atoms with van der Waals surface area (Å²) in [4.78, 5) is 12.3. The van der Waals surface area contributed by atoms with E-state index in [1.54, 1.807) is 0 Å². The van der Waals surface area contributed by atoms with Crippen molar-refractivity contribution in [3.8, 4) is 0 Å². The van der Waals surface area contributed by atoms with Crippen molar-refractivity contribution in [2.75, 3.05) is 0 Å². The Balaban J connectivity index is 2.07. The van der Waals surface area contributed by atoms with Gasteiger partial charge in [-0.05, 0) is 0 Å². The van der Waals surface area contributed by atoms with Crippen LogP contribution in [0.1, 0.15) is 15.9 Å². The zero-order valence-corrected chi connectivity index (χ0v) is 11.5. The van der Waals surface area contributed by atoms with Crippen LogP contribution in [0.4, 0.5) is 0 Å². The molecule has 0 N–H and O–H groups in total. The van der Waals surface area contributed by atoms with Crippen molar-refractivity contribution in [1.29, 1.82) is 0 Å². The second-order valence-electron chi connectivity index (χ2n) is 4.07. The summed E-state index contributed by atoms with van der Waals surface area (Å²) in [5.74, 6) is 0.0515. The molecule has 2 aromatic carbocycles. The first-order valence-electron chi connectivity index (χ1n) is 5.61. The van der Waals surface area contributed by atoms with Gasteiger partial charge >= 0.3 is 111 Å². The maximum atomic E-state index is 12.3. The van der Waals surface area contributed by atoms with Crippen molar-refractivity contribution in [2.24, 2.45) is 7.05 Å². The Morgan fingerprint density at radius 3 is 2.67 bits per heavy atom. The Hall–Kier alpha value is -1.77. The number of fused-ring (bicyclic) bond motifs is 1. The molecule has 18 heavy (non-hydrogen) atoms. The van der Waals surface area contributed by atoms with Gasteiger partial charge in [-0.15, -0.1) is 0 Å². The van der Waals surface area contributed by atoms with Crippen LogP contribution in [0.25, 0.3) is 11.0 Å². The summed E-state index contributed by atoms with van der Waals surface area (Å²) in [7, 11) is 2.02. The zero-order chi connectivity index (χ0) is 12.5. The van der Waals surface area contributed by atoms with E-state index in [9.17, 15) is 4.79 Å². The normalized spacial score (nSPS) is 10.7. The van der Waals surface area contributed by atoms with Gasteiger partial charge in [0.25, 0.3) is 0 Å². The molecular formula is C14H11N2OSe+. The Bertz CT molecular complexity index is 719. The molecule has 0 amide bonds. The molecular weight excluding hydrogens is 291 g/mol. The first-order valence-corrected chi connectivity index (χ1v) is 7.14. The van der Waals surface area contributed by atoms with E-state index in [1.165, 1.54) is 0 Å². The molecule has 3 aromatic rings. The fourth-order valence-electron chi connectivity index (χ4n) is 1.91. The Kier molecular flexibility index (Phi) is 2.82. The van der Waals surface area contributed by atoms with Gasteiger partial charge in [-0.1, -0.05) is 0 Å². The molecule has 1 aromatic heterocycles. The third kappa shape index (κ3) is 1.90. The monoisotopic (exact) mass is 303 g/mol. The predicted molar refractivity (Wildman–Crippen MR) is 69.7 cm³/mol. The van der Waals surface area contributed by atoms with Crippen molar-refractivity contribution < 1.29 is 8.36 Å². The molecule has 1 heterocycles. The van der Waals surface area contributed by atoms with E-state index in [0.29, 0.717) is 11.1 Å². The average molecular weight is 302 g/mol. The van der Waals surface area contributed by atoms with Crippen LogP contribution in [-0.2, 0) is 7.05 Å². The van der Waals surface area contributed by atoms with Crippen LogP contribution in [-0.4, -0.2) is 24.7 Å². The van der Waals surface area contributed by atoms with E-state index in [0.717, 1.165) is 11.0 Å². The van der Waals surface area contributed by atoms with E-state index >= 15 is 0 Å². The van der Waals surface area contributed by atoms with Crippen LogP contribution in [0.2, 0.25) is 0 Å². The van der Waals surface area contributed by atoms with Gasteiger partial charge in [0.05, 0.1) is 0 Å². The minimum absolute atomic E-state index is 0.0515. The first kappa shape index (κ1) is 11.3. The summed E-state index contributed by atoms with van der Waals surface area (Å²) in [5, 5.41) is 0. The number of aromatic nitrogens is 2. The molecule has 0 aliphatic rings. The SMILES string of the molecule is C[n+]1[se]nc2cc(C(=O)c3ccccc3)ccc21. The van der Waals surface area contributed by atoms with Crippen LogP contribution >= 0.6 is 0 Å². The third-order valence-electron chi connectivity index (χ3n) is 2.87. The number of ketones is 1. The third-order valence-corrected chi connectivity index (χ3v) is 4.39. The van der Waals surface area contributed by atoms with E-state index in [2.05, 4.69) is 7.54 Å². The second-order valence-corrected chi connectivity index (χ2v) is 5.94. The van der Waals surface area contributed by atoms with Crippen molar-refractivity contribution in [1.82, 2.24) is 3.98 Å². The van der Waals surface area contributed by atoms with Crippen molar-refractivity contribution in [3.63, 3.8) is 0 Å². The van der Waals surface area contributed by atoms with Crippen LogP contribution in [0, 0.1) is 0 Å². The van der Waals surface area contributed by atoms with Gasteiger partial charge in [0.2, 0.25) is 0 Å². The molecule has 0 aliphatic heterocycles. The number of rotatable bonds is 2. The average Bonchev–Trinajstić information content (AvgIpc) is 2.80. The molecule has 0 bridgehead atoms. The zero-order valence-electron chi connectivity index (χ0n) is 9.83. The van der Waals surface area contributed by atoms with Crippen molar-refractivity contribution in [3.05, 3.63) is 59.7 Å². The Labute approximate surface area is 111 Å². The molecule has 0 saturated heterocycles. The van der Waals surface area contributed by atoms with Crippen molar-refractivity contribution in [2.45, 2.75) is 0 Å². The van der Waals surface area contributed by atoms with Gasteiger partial charge in [0, 0.05) is 0 Å². The number of hydrogen-bond acceptors (Lipinski definition) is 2. The number of nitrogens with zero attached hydrogens (tertiary/aromatic N) is 2. The van der Waals surface area contributed by atoms with Gasteiger partial charge in [0.1, 0.15) is 0 Å². The number of carbonyl (C=O) groups excluding carboxylic acids is 1. The van der Waals surface area contributed by atoms with Crippen LogP contribution in [0.5, 0.6) is 0 Å². The van der Waals surface area contributed by atoms with E-state index < -0.39 is 0 Å². The predicted octanol–water partition coefficient (Wildman–Crippen LogP) is 1.35. The first-order chi connectivity index (χ1) is 8.75. The number of carbonyl (C=O) groups is 1. The van der Waals surface area contributed by atoms with Gasteiger partial charge in [-0.25, -0.2) is 0 Å². The summed E-state index contributed by atoms with van der Waals surface area (Å²) < 4.78 is 6.58. The van der Waals surface area contributed by atoms with Gasteiger partial charge in [-0.3, -0.25) is 0 Å². The van der Waals surface area contributed by atoms with E-state index in [4.69, 9.17) is 0 Å². The minimum atomic E-state index is 0.0515. The molecule has 0 radical (unpaired) electrons. The molecule has 0 atom stereocenters. The fraction of sp³-hybridized carbons (Fsp3) is 0.0714. The second kappa shape index (κ2) is 4.48. The molecule has 0 aliphatic carbocycles. The molecule has 3 nitrogen and oxygen atoms in total. The summed E-state index contributed by atoms with van der Waals surface area (Å²) in [6.07, 6.45) is 0. The number of aryl methyl sites for hydroxylation is 1. The van der Waals surface area contributed by atoms with Crippen molar-refractivity contribution >= 4 is 31.8 Å². The Morgan fingerprint density at radius 2 is 1.89 bits per heavy atom. The van der Waals surface area contributed by atoms with E-state index in [-0.39, 0.29) is 20.7 Å². The van der Waals surface area contributed by atoms with Crippen LogP contribution < -0.4 is 3.56 Å².